The van der Waals surface area contributed by atoms with Gasteiger partial charge in [0.1, 0.15) is 0 Å². The Labute approximate surface area is 76.0 Å². The Balaban J connectivity index is 2.04. The molecule has 2 aromatic heterocycles. The molecular weight excluding hydrogens is 166 g/mol. The molecule has 0 radical (unpaired) electrons. The van der Waals surface area contributed by atoms with Crippen molar-refractivity contribution in [3.8, 4) is 0 Å². The van der Waals surface area contributed by atoms with Crippen molar-refractivity contribution in [2.45, 2.75) is 19.5 Å². The average Bonchev–Trinajstić information content (AvgIpc) is 2.74. The van der Waals surface area contributed by atoms with E-state index in [9.17, 15) is 0 Å². The van der Waals surface area contributed by atoms with Crippen LogP contribution < -0.4 is 0 Å². The first-order chi connectivity index (χ1) is 6.36. The Morgan fingerprint density at radius 3 is 2.85 bits per heavy atom. The van der Waals surface area contributed by atoms with E-state index in [1.807, 2.05) is 28.0 Å². The summed E-state index contributed by atoms with van der Waals surface area (Å²) in [5.74, 6) is 0. The third-order valence-electron chi connectivity index (χ3n) is 1.96. The molecule has 0 aliphatic carbocycles. The van der Waals surface area contributed by atoms with Gasteiger partial charge in [0, 0.05) is 18.6 Å². The van der Waals surface area contributed by atoms with Crippen LogP contribution in [0.5, 0.6) is 0 Å². The highest BCUT2D eigenvalue weighted by atomic mass is 15.4. The standard InChI is InChI=1S/C8H11N5/c1-8(12-4-2-9-7-12)6-13-5-3-10-11-13/h2-5,7-8H,6H2,1H3. The first-order valence-corrected chi connectivity index (χ1v) is 4.18. The molecule has 0 aliphatic rings. The van der Waals surface area contributed by atoms with E-state index in [4.69, 9.17) is 0 Å². The molecule has 1 unspecified atom stereocenters. The molecule has 1 atom stereocenters. The van der Waals surface area contributed by atoms with E-state index in [2.05, 4.69) is 22.2 Å². The third-order valence-corrected chi connectivity index (χ3v) is 1.96. The second kappa shape index (κ2) is 3.38. The molecule has 0 bridgehead atoms. The summed E-state index contributed by atoms with van der Waals surface area (Å²) in [6, 6.07) is 0.351. The predicted molar refractivity (Wildman–Crippen MR) is 47.0 cm³/mol. The van der Waals surface area contributed by atoms with Crippen molar-refractivity contribution in [2.75, 3.05) is 0 Å². The van der Waals surface area contributed by atoms with Crippen molar-refractivity contribution >= 4 is 0 Å². The van der Waals surface area contributed by atoms with Crippen LogP contribution in [0, 0.1) is 0 Å². The Bertz CT molecular complexity index is 337. The maximum atomic E-state index is 3.99. The summed E-state index contributed by atoms with van der Waals surface area (Å²) in [7, 11) is 0. The fourth-order valence-electron chi connectivity index (χ4n) is 1.23. The zero-order valence-electron chi connectivity index (χ0n) is 7.41. The van der Waals surface area contributed by atoms with Crippen LogP contribution >= 0.6 is 0 Å². The van der Waals surface area contributed by atoms with Crippen molar-refractivity contribution in [1.29, 1.82) is 0 Å². The summed E-state index contributed by atoms with van der Waals surface area (Å²) in [5.41, 5.74) is 0. The second-order valence-corrected chi connectivity index (χ2v) is 2.98. The Morgan fingerprint density at radius 1 is 1.31 bits per heavy atom. The monoisotopic (exact) mass is 177 g/mol. The SMILES string of the molecule is CC(Cn1ccnn1)n1ccnc1. The number of rotatable bonds is 3. The number of nitrogens with zero attached hydrogens (tertiary/aromatic N) is 5. The van der Waals surface area contributed by atoms with Crippen molar-refractivity contribution in [3.05, 3.63) is 31.1 Å². The summed E-state index contributed by atoms with van der Waals surface area (Å²) in [4.78, 5) is 3.99. The maximum Gasteiger partial charge on any atom is 0.0949 e. The smallest absolute Gasteiger partial charge is 0.0949 e. The highest BCUT2D eigenvalue weighted by Crippen LogP contribution is 2.06. The molecule has 0 aromatic carbocycles. The fraction of sp³-hybridized carbons (Fsp3) is 0.375. The van der Waals surface area contributed by atoms with Crippen LogP contribution in [0.25, 0.3) is 0 Å². The molecule has 0 saturated heterocycles. The van der Waals surface area contributed by atoms with E-state index < -0.39 is 0 Å². The van der Waals surface area contributed by atoms with Gasteiger partial charge in [0.25, 0.3) is 0 Å². The van der Waals surface area contributed by atoms with Gasteiger partial charge in [-0.25, -0.2) is 4.98 Å². The normalized spacial score (nSPS) is 13.0. The summed E-state index contributed by atoms with van der Waals surface area (Å²) in [6.45, 7) is 2.93. The van der Waals surface area contributed by atoms with E-state index in [1.54, 1.807) is 12.4 Å². The van der Waals surface area contributed by atoms with Crippen LogP contribution in [-0.4, -0.2) is 24.5 Å². The number of hydrogen-bond acceptors (Lipinski definition) is 3. The van der Waals surface area contributed by atoms with Gasteiger partial charge in [0.15, 0.2) is 0 Å². The first kappa shape index (κ1) is 7.97. The summed E-state index contributed by atoms with van der Waals surface area (Å²) in [5, 5.41) is 7.64. The highest BCUT2D eigenvalue weighted by molar-refractivity contribution is 4.79. The van der Waals surface area contributed by atoms with Crippen molar-refractivity contribution in [3.63, 3.8) is 0 Å². The Hall–Kier alpha value is -1.65. The van der Waals surface area contributed by atoms with Gasteiger partial charge in [0.05, 0.1) is 25.1 Å². The number of aromatic nitrogens is 5. The average molecular weight is 177 g/mol. The van der Waals surface area contributed by atoms with Gasteiger partial charge in [-0.2, -0.15) is 0 Å². The van der Waals surface area contributed by atoms with E-state index in [-0.39, 0.29) is 0 Å². The number of imidazole rings is 1. The lowest BCUT2D eigenvalue weighted by Crippen LogP contribution is -2.12. The fourth-order valence-corrected chi connectivity index (χ4v) is 1.23. The minimum atomic E-state index is 0.351. The molecule has 5 heteroatoms. The van der Waals surface area contributed by atoms with Gasteiger partial charge in [-0.05, 0) is 6.92 Å². The highest BCUT2D eigenvalue weighted by Gasteiger charge is 2.04. The van der Waals surface area contributed by atoms with Gasteiger partial charge in [-0.3, -0.25) is 4.68 Å². The lowest BCUT2D eigenvalue weighted by atomic mass is 10.3. The molecule has 2 rings (SSSR count). The molecule has 0 N–H and O–H groups in total. The molecule has 68 valence electrons. The molecule has 13 heavy (non-hydrogen) atoms. The molecule has 0 aliphatic heterocycles. The Kier molecular flexibility index (Phi) is 2.08. The van der Waals surface area contributed by atoms with Crippen LogP contribution in [0.3, 0.4) is 0 Å². The van der Waals surface area contributed by atoms with Gasteiger partial charge in [-0.1, -0.05) is 5.21 Å². The van der Waals surface area contributed by atoms with Crippen molar-refractivity contribution < 1.29 is 0 Å². The van der Waals surface area contributed by atoms with E-state index in [0.717, 1.165) is 6.54 Å². The van der Waals surface area contributed by atoms with Gasteiger partial charge in [-0.15, -0.1) is 5.10 Å². The van der Waals surface area contributed by atoms with Gasteiger partial charge < -0.3 is 4.57 Å². The largest absolute Gasteiger partial charge is 0.333 e. The molecular formula is C8H11N5. The first-order valence-electron chi connectivity index (χ1n) is 4.18. The van der Waals surface area contributed by atoms with Crippen LogP contribution in [0.1, 0.15) is 13.0 Å². The molecule has 0 saturated carbocycles. The summed E-state index contributed by atoms with van der Waals surface area (Å²) in [6.07, 6.45) is 9.06. The third kappa shape index (κ3) is 1.74. The lowest BCUT2D eigenvalue weighted by molar-refractivity contribution is 0.429. The Morgan fingerprint density at radius 2 is 2.23 bits per heavy atom. The van der Waals surface area contributed by atoms with Crippen LogP contribution in [0.15, 0.2) is 31.1 Å². The minimum absolute atomic E-state index is 0.351. The van der Waals surface area contributed by atoms with Gasteiger partial charge in [0.2, 0.25) is 0 Å². The predicted octanol–water partition coefficient (Wildman–Crippen LogP) is 0.736. The van der Waals surface area contributed by atoms with Crippen LogP contribution in [-0.2, 0) is 6.54 Å². The molecule has 0 fully saturated rings. The number of hydrogen-bond donors (Lipinski definition) is 0. The summed E-state index contributed by atoms with van der Waals surface area (Å²) < 4.78 is 3.85. The zero-order valence-corrected chi connectivity index (χ0v) is 7.41. The van der Waals surface area contributed by atoms with Crippen molar-refractivity contribution in [2.24, 2.45) is 0 Å². The van der Waals surface area contributed by atoms with Gasteiger partial charge >= 0.3 is 0 Å². The summed E-state index contributed by atoms with van der Waals surface area (Å²) >= 11 is 0. The topological polar surface area (TPSA) is 48.5 Å². The van der Waals surface area contributed by atoms with E-state index >= 15 is 0 Å². The van der Waals surface area contributed by atoms with E-state index in [0.29, 0.717) is 6.04 Å². The minimum Gasteiger partial charge on any atom is -0.333 e. The molecule has 0 amide bonds. The molecule has 2 heterocycles. The lowest BCUT2D eigenvalue weighted by Gasteiger charge is -2.11. The molecule has 0 spiro atoms. The quantitative estimate of drug-likeness (QED) is 0.694. The van der Waals surface area contributed by atoms with Crippen molar-refractivity contribution in [1.82, 2.24) is 24.5 Å². The molecule has 5 nitrogen and oxygen atoms in total. The molecule has 2 aromatic rings. The van der Waals surface area contributed by atoms with E-state index in [1.165, 1.54) is 0 Å². The van der Waals surface area contributed by atoms with Crippen LogP contribution in [0.2, 0.25) is 0 Å². The zero-order chi connectivity index (χ0) is 9.10. The maximum absolute atomic E-state index is 3.99. The van der Waals surface area contributed by atoms with Crippen LogP contribution in [0.4, 0.5) is 0 Å². The second-order valence-electron chi connectivity index (χ2n) is 2.98.